The van der Waals surface area contributed by atoms with E-state index in [1.807, 2.05) is 6.92 Å². The van der Waals surface area contributed by atoms with E-state index in [0.717, 1.165) is 36.7 Å². The van der Waals surface area contributed by atoms with Crippen LogP contribution in [0.15, 0.2) is 89.9 Å². The Morgan fingerprint density at radius 2 is 1.66 bits per heavy atom. The highest BCUT2D eigenvalue weighted by Gasteiger charge is 2.27. The second kappa shape index (κ2) is 8.84. The highest BCUT2D eigenvalue weighted by molar-refractivity contribution is 5.95. The lowest BCUT2D eigenvalue weighted by Crippen LogP contribution is -2.32. The third-order valence-corrected chi connectivity index (χ3v) is 6.84. The molecule has 0 amide bonds. The number of hydrogen-bond acceptors (Lipinski definition) is 3. The molecule has 3 aromatic rings. The molecule has 0 radical (unpaired) electrons. The third kappa shape index (κ3) is 4.44. The van der Waals surface area contributed by atoms with Gasteiger partial charge in [-0.1, -0.05) is 60.7 Å². The predicted molar refractivity (Wildman–Crippen MR) is 133 cm³/mol. The fraction of sp³-hybridized carbons (Fsp3) is 0.310. The second-order valence-electron chi connectivity index (χ2n) is 9.30. The lowest BCUT2D eigenvalue weighted by atomic mass is 9.88. The molecule has 1 atom stereocenters. The number of aromatic nitrogens is 1. The molecule has 32 heavy (non-hydrogen) atoms. The van der Waals surface area contributed by atoms with Gasteiger partial charge in [-0.2, -0.15) is 0 Å². The van der Waals surface area contributed by atoms with Gasteiger partial charge < -0.3 is 0 Å². The van der Waals surface area contributed by atoms with Gasteiger partial charge in [0.2, 0.25) is 0 Å². The van der Waals surface area contributed by atoms with Crippen molar-refractivity contribution in [1.82, 2.24) is 9.88 Å². The minimum Gasteiger partial charge on any atom is -0.299 e. The standard InChI is InChI=1S/C29H31N3/c1-22-15-18-29(2,31-22)28-10-6-9-27(30-28)26-13-11-24(12-14-26)25-16-19-32(20-17-25)21-23-7-4-3-5-8-23/h3-15,18,25H,16-17,19-21H2,1-2H3. The van der Waals surface area contributed by atoms with Crippen LogP contribution in [0.5, 0.6) is 0 Å². The summed E-state index contributed by atoms with van der Waals surface area (Å²) >= 11 is 0. The Bertz CT molecular complexity index is 1120. The van der Waals surface area contributed by atoms with Gasteiger partial charge in [0.15, 0.2) is 0 Å². The largest absolute Gasteiger partial charge is 0.299 e. The van der Waals surface area contributed by atoms with Gasteiger partial charge in [0, 0.05) is 17.8 Å². The molecule has 3 heterocycles. The summed E-state index contributed by atoms with van der Waals surface area (Å²) in [6, 6.07) is 26.2. The molecule has 0 N–H and O–H groups in total. The lowest BCUT2D eigenvalue weighted by molar-refractivity contribution is 0.204. The van der Waals surface area contributed by atoms with Crippen molar-refractivity contribution in [1.29, 1.82) is 0 Å². The molecule has 0 aliphatic carbocycles. The van der Waals surface area contributed by atoms with Crippen LogP contribution in [0.4, 0.5) is 0 Å². The minimum atomic E-state index is -0.353. The number of piperidine rings is 1. The van der Waals surface area contributed by atoms with Gasteiger partial charge in [0.25, 0.3) is 0 Å². The first-order valence-corrected chi connectivity index (χ1v) is 11.7. The SMILES string of the molecule is CC1=NC(C)(c2cccc(-c3ccc(C4CCN(Cc5ccccc5)CC4)cc3)n2)C=C1. The molecule has 1 aromatic heterocycles. The highest BCUT2D eigenvalue weighted by Crippen LogP contribution is 2.33. The van der Waals surface area contributed by atoms with E-state index >= 15 is 0 Å². The van der Waals surface area contributed by atoms with E-state index in [4.69, 9.17) is 9.98 Å². The Kier molecular flexibility index (Phi) is 5.75. The number of likely N-dealkylation sites (tertiary alicyclic amines) is 1. The van der Waals surface area contributed by atoms with Crippen LogP contribution in [0.2, 0.25) is 0 Å². The summed E-state index contributed by atoms with van der Waals surface area (Å²) in [5, 5.41) is 0. The van der Waals surface area contributed by atoms with Crippen molar-refractivity contribution in [2.24, 2.45) is 4.99 Å². The average Bonchev–Trinajstić information content (AvgIpc) is 3.20. The molecule has 0 saturated carbocycles. The first kappa shape index (κ1) is 20.8. The van der Waals surface area contributed by atoms with E-state index in [9.17, 15) is 0 Å². The number of rotatable bonds is 5. The zero-order valence-corrected chi connectivity index (χ0v) is 19.0. The maximum atomic E-state index is 4.96. The van der Waals surface area contributed by atoms with E-state index in [-0.39, 0.29) is 5.54 Å². The quantitative estimate of drug-likeness (QED) is 0.478. The molecular weight excluding hydrogens is 390 g/mol. The molecular formula is C29H31N3. The Balaban J connectivity index is 1.25. The lowest BCUT2D eigenvalue weighted by Gasteiger charge is -2.32. The van der Waals surface area contributed by atoms with Gasteiger partial charge in [-0.15, -0.1) is 0 Å². The Hall–Kier alpha value is -3.04. The maximum Gasteiger partial charge on any atom is 0.118 e. The molecule has 3 heteroatoms. The van der Waals surface area contributed by atoms with Crippen molar-refractivity contribution < 1.29 is 0 Å². The summed E-state index contributed by atoms with van der Waals surface area (Å²) in [5.41, 5.74) is 6.75. The van der Waals surface area contributed by atoms with Crippen LogP contribution >= 0.6 is 0 Å². The Morgan fingerprint density at radius 3 is 2.34 bits per heavy atom. The molecule has 2 aliphatic rings. The number of aliphatic imine (C=N–C) groups is 1. The molecule has 1 fully saturated rings. The van der Waals surface area contributed by atoms with Crippen molar-refractivity contribution in [3.8, 4) is 11.3 Å². The van der Waals surface area contributed by atoms with Crippen LogP contribution in [-0.4, -0.2) is 28.7 Å². The van der Waals surface area contributed by atoms with E-state index in [0.29, 0.717) is 5.92 Å². The molecule has 1 unspecified atom stereocenters. The van der Waals surface area contributed by atoms with E-state index < -0.39 is 0 Å². The number of nitrogens with zero attached hydrogens (tertiary/aromatic N) is 3. The van der Waals surface area contributed by atoms with E-state index in [1.54, 1.807) is 0 Å². The fourth-order valence-electron chi connectivity index (χ4n) is 4.94. The summed E-state index contributed by atoms with van der Waals surface area (Å²) in [7, 11) is 0. The third-order valence-electron chi connectivity index (χ3n) is 6.84. The van der Waals surface area contributed by atoms with Crippen LogP contribution in [0.25, 0.3) is 11.3 Å². The van der Waals surface area contributed by atoms with Gasteiger partial charge in [0.05, 0.1) is 11.4 Å². The zero-order valence-electron chi connectivity index (χ0n) is 19.0. The summed E-state index contributed by atoms with van der Waals surface area (Å²) in [4.78, 5) is 12.3. The molecule has 2 aliphatic heterocycles. The average molecular weight is 422 g/mol. The van der Waals surface area contributed by atoms with Crippen LogP contribution in [0.1, 0.15) is 49.4 Å². The summed E-state index contributed by atoms with van der Waals surface area (Å²) in [6.07, 6.45) is 6.67. The summed E-state index contributed by atoms with van der Waals surface area (Å²) in [6.45, 7) is 7.55. The van der Waals surface area contributed by atoms with Crippen molar-refractivity contribution in [3.05, 3.63) is 102 Å². The molecule has 3 nitrogen and oxygen atoms in total. The van der Waals surface area contributed by atoms with E-state index in [1.165, 1.54) is 29.5 Å². The minimum absolute atomic E-state index is 0.353. The number of allylic oxidation sites excluding steroid dienone is 1. The first-order chi connectivity index (χ1) is 15.6. The molecule has 2 aromatic carbocycles. The van der Waals surface area contributed by atoms with E-state index in [2.05, 4.69) is 96.8 Å². The second-order valence-corrected chi connectivity index (χ2v) is 9.30. The molecule has 1 saturated heterocycles. The smallest absolute Gasteiger partial charge is 0.118 e. The van der Waals surface area contributed by atoms with Gasteiger partial charge in [-0.05, 0) is 81.1 Å². The number of benzene rings is 2. The van der Waals surface area contributed by atoms with Gasteiger partial charge in [0.1, 0.15) is 5.54 Å². The summed E-state index contributed by atoms with van der Waals surface area (Å²) < 4.78 is 0. The predicted octanol–water partition coefficient (Wildman–Crippen LogP) is 6.37. The van der Waals surface area contributed by atoms with Gasteiger partial charge in [-0.25, -0.2) is 4.98 Å². The van der Waals surface area contributed by atoms with Gasteiger partial charge >= 0.3 is 0 Å². The normalized spacial score (nSPS) is 21.6. The van der Waals surface area contributed by atoms with Crippen molar-refractivity contribution >= 4 is 5.71 Å². The molecule has 0 spiro atoms. The fourth-order valence-corrected chi connectivity index (χ4v) is 4.94. The van der Waals surface area contributed by atoms with Crippen molar-refractivity contribution in [2.45, 2.75) is 44.7 Å². The van der Waals surface area contributed by atoms with Crippen LogP contribution in [0.3, 0.4) is 0 Å². The molecule has 162 valence electrons. The Labute approximate surface area is 191 Å². The molecule has 0 bridgehead atoms. The first-order valence-electron chi connectivity index (χ1n) is 11.7. The topological polar surface area (TPSA) is 28.5 Å². The van der Waals surface area contributed by atoms with Gasteiger partial charge in [-0.3, -0.25) is 9.89 Å². The van der Waals surface area contributed by atoms with Crippen molar-refractivity contribution in [3.63, 3.8) is 0 Å². The van der Waals surface area contributed by atoms with Crippen LogP contribution < -0.4 is 0 Å². The zero-order chi connectivity index (χ0) is 22.0. The molecule has 5 rings (SSSR count). The van der Waals surface area contributed by atoms with Crippen molar-refractivity contribution in [2.75, 3.05) is 13.1 Å². The Morgan fingerprint density at radius 1 is 0.906 bits per heavy atom. The number of hydrogen-bond donors (Lipinski definition) is 0. The maximum absolute atomic E-state index is 4.96. The monoisotopic (exact) mass is 421 g/mol. The van der Waals surface area contributed by atoms with Crippen LogP contribution in [-0.2, 0) is 12.1 Å². The van der Waals surface area contributed by atoms with Crippen LogP contribution in [0, 0.1) is 0 Å². The highest BCUT2D eigenvalue weighted by atomic mass is 15.1. The number of pyridine rings is 1. The summed E-state index contributed by atoms with van der Waals surface area (Å²) in [5.74, 6) is 0.648.